The zero-order valence-corrected chi connectivity index (χ0v) is 23.4. The molecule has 0 aliphatic heterocycles. The molecular formula is C33H39N3O4. The minimum absolute atomic E-state index is 0.0218. The fourth-order valence-corrected chi connectivity index (χ4v) is 8.35. The summed E-state index contributed by atoms with van der Waals surface area (Å²) in [5.74, 6) is 1.82. The number of nitrogens with zero attached hydrogens (tertiary/aromatic N) is 1. The molecule has 40 heavy (non-hydrogen) atoms. The van der Waals surface area contributed by atoms with Crippen molar-refractivity contribution >= 4 is 29.3 Å². The van der Waals surface area contributed by atoms with Crippen molar-refractivity contribution in [1.82, 2.24) is 0 Å². The van der Waals surface area contributed by atoms with Crippen LogP contribution in [0.2, 0.25) is 0 Å². The number of hydrogen-bond donors (Lipinski definition) is 2. The molecule has 2 unspecified atom stereocenters. The molecule has 0 bridgehead atoms. The number of amides is 2. The first kappa shape index (κ1) is 26.6. The molecule has 4 aliphatic carbocycles. The van der Waals surface area contributed by atoms with E-state index in [4.69, 9.17) is 9.57 Å². The third-order valence-corrected chi connectivity index (χ3v) is 10.4. The highest BCUT2D eigenvalue weighted by molar-refractivity contribution is 5.97. The van der Waals surface area contributed by atoms with Crippen LogP contribution in [0.15, 0.2) is 77.5 Å². The highest BCUT2D eigenvalue weighted by Crippen LogP contribution is 2.65. The van der Waals surface area contributed by atoms with Crippen LogP contribution in [0.5, 0.6) is 0 Å². The van der Waals surface area contributed by atoms with Crippen molar-refractivity contribution < 1.29 is 19.2 Å². The molecule has 0 aromatic heterocycles. The summed E-state index contributed by atoms with van der Waals surface area (Å²) in [4.78, 5) is 30.2. The Kier molecular flexibility index (Phi) is 7.15. The first-order valence-electron chi connectivity index (χ1n) is 14.7. The van der Waals surface area contributed by atoms with Gasteiger partial charge in [-0.1, -0.05) is 61.0 Å². The van der Waals surface area contributed by atoms with E-state index in [1.165, 1.54) is 5.57 Å². The van der Waals surface area contributed by atoms with Gasteiger partial charge in [-0.2, -0.15) is 0 Å². The molecule has 6 atom stereocenters. The average molecular weight is 542 g/mol. The first-order chi connectivity index (χ1) is 19.3. The van der Waals surface area contributed by atoms with E-state index in [1.54, 1.807) is 0 Å². The minimum Gasteiger partial charge on any atom is -0.445 e. The van der Waals surface area contributed by atoms with Gasteiger partial charge in [0.15, 0.2) is 0 Å². The average Bonchev–Trinajstić information content (AvgIpc) is 3.28. The van der Waals surface area contributed by atoms with Crippen LogP contribution in [-0.4, -0.2) is 24.0 Å². The monoisotopic (exact) mass is 541 g/mol. The number of oxime groups is 1. The normalized spacial score (nSPS) is 33.5. The number of rotatable bonds is 4. The van der Waals surface area contributed by atoms with Gasteiger partial charge in [0.1, 0.15) is 6.10 Å². The van der Waals surface area contributed by atoms with Crippen molar-refractivity contribution in [3.05, 3.63) is 72.3 Å². The van der Waals surface area contributed by atoms with Crippen molar-refractivity contribution in [3.63, 3.8) is 0 Å². The maximum atomic E-state index is 12.7. The molecule has 6 rings (SSSR count). The van der Waals surface area contributed by atoms with Gasteiger partial charge >= 0.3 is 12.2 Å². The van der Waals surface area contributed by atoms with Gasteiger partial charge in [0.05, 0.1) is 5.71 Å². The fraction of sp³-hybridized carbons (Fsp3) is 0.485. The summed E-state index contributed by atoms with van der Waals surface area (Å²) < 4.78 is 6.07. The molecule has 4 aliphatic rings. The molecule has 0 radical (unpaired) electrons. The molecule has 0 spiro atoms. The molecular weight excluding hydrogens is 502 g/mol. The van der Waals surface area contributed by atoms with Gasteiger partial charge in [0.2, 0.25) is 0 Å². The Morgan fingerprint density at radius 1 is 0.800 bits per heavy atom. The predicted molar refractivity (Wildman–Crippen MR) is 156 cm³/mol. The molecule has 2 aromatic rings. The Labute approximate surface area is 236 Å². The van der Waals surface area contributed by atoms with Crippen LogP contribution in [0.1, 0.15) is 65.2 Å². The number of carbonyl (C=O) groups excluding carboxylic acids is 2. The van der Waals surface area contributed by atoms with Gasteiger partial charge in [0.25, 0.3) is 0 Å². The van der Waals surface area contributed by atoms with Crippen molar-refractivity contribution in [2.24, 2.45) is 33.7 Å². The smallest absolute Gasteiger partial charge is 0.437 e. The number of nitrogens with one attached hydrogen (secondary N) is 2. The number of allylic oxidation sites excluding steroid dienone is 2. The van der Waals surface area contributed by atoms with Crippen LogP contribution in [-0.2, 0) is 9.57 Å². The molecule has 0 heterocycles. The maximum Gasteiger partial charge on any atom is 0.437 e. The minimum atomic E-state index is -0.573. The predicted octanol–water partition coefficient (Wildman–Crippen LogP) is 8.17. The van der Waals surface area contributed by atoms with E-state index in [1.807, 2.05) is 60.7 Å². The van der Waals surface area contributed by atoms with Crippen LogP contribution in [0.3, 0.4) is 0 Å². The zero-order chi connectivity index (χ0) is 27.7. The molecule has 2 N–H and O–H groups in total. The van der Waals surface area contributed by atoms with E-state index >= 15 is 0 Å². The zero-order valence-electron chi connectivity index (χ0n) is 23.4. The molecule has 0 saturated heterocycles. The van der Waals surface area contributed by atoms with Crippen LogP contribution < -0.4 is 10.6 Å². The highest BCUT2D eigenvalue weighted by atomic mass is 16.7. The number of hydrogen-bond acceptors (Lipinski definition) is 5. The van der Waals surface area contributed by atoms with E-state index in [2.05, 4.69) is 35.7 Å². The third kappa shape index (κ3) is 5.02. The van der Waals surface area contributed by atoms with E-state index < -0.39 is 6.09 Å². The van der Waals surface area contributed by atoms with Crippen molar-refractivity contribution in [1.29, 1.82) is 0 Å². The molecule has 3 saturated carbocycles. The third-order valence-electron chi connectivity index (χ3n) is 10.4. The second kappa shape index (κ2) is 10.8. The number of benzene rings is 2. The molecule has 7 heteroatoms. The number of ether oxygens (including phenoxy) is 1. The molecule has 2 amide bonds. The molecule has 210 valence electrons. The lowest BCUT2D eigenvalue weighted by molar-refractivity contribution is -0.0735. The highest BCUT2D eigenvalue weighted by Gasteiger charge is 2.60. The van der Waals surface area contributed by atoms with E-state index in [-0.39, 0.29) is 23.0 Å². The maximum absolute atomic E-state index is 12.7. The lowest BCUT2D eigenvalue weighted by Crippen LogP contribution is -2.51. The lowest BCUT2D eigenvalue weighted by Gasteiger charge is -2.57. The van der Waals surface area contributed by atoms with Gasteiger partial charge in [-0.05, 0) is 105 Å². The summed E-state index contributed by atoms with van der Waals surface area (Å²) in [6.07, 6.45) is 9.52. The van der Waals surface area contributed by atoms with E-state index in [9.17, 15) is 9.59 Å². The lowest BCUT2D eigenvalue weighted by atomic mass is 9.47. The fourth-order valence-electron chi connectivity index (χ4n) is 8.35. The van der Waals surface area contributed by atoms with E-state index in [0.29, 0.717) is 23.4 Å². The second-order valence-corrected chi connectivity index (χ2v) is 12.5. The summed E-state index contributed by atoms with van der Waals surface area (Å²) in [5.41, 5.74) is 3.89. The number of fused-ring (bicyclic) bond motifs is 5. The van der Waals surface area contributed by atoms with Gasteiger partial charge in [-0.3, -0.25) is 15.5 Å². The Balaban J connectivity index is 1.10. The van der Waals surface area contributed by atoms with Crippen LogP contribution in [0.25, 0.3) is 0 Å². The van der Waals surface area contributed by atoms with Crippen LogP contribution in [0, 0.1) is 28.6 Å². The Hall–Kier alpha value is -3.61. The second-order valence-electron chi connectivity index (χ2n) is 12.5. The summed E-state index contributed by atoms with van der Waals surface area (Å²) >= 11 is 0. The van der Waals surface area contributed by atoms with Gasteiger partial charge in [-0.15, -0.1) is 0 Å². The SMILES string of the molecule is C[C@]12CC/C(=N\OC(=O)Nc3ccccc3)C=C1CC[C@@H]1C2CC[C@@]2(C)C1CC[C@@H]2OC(=O)Nc1ccccc1. The van der Waals surface area contributed by atoms with Crippen molar-refractivity contribution in [2.45, 2.75) is 71.3 Å². The number of anilines is 2. The molecule has 3 fully saturated rings. The Morgan fingerprint density at radius 2 is 1.48 bits per heavy atom. The summed E-state index contributed by atoms with van der Waals surface area (Å²) in [6.45, 7) is 4.80. The Morgan fingerprint density at radius 3 is 2.17 bits per heavy atom. The standard InChI is InChI=1S/C33H39N3O4/c1-32-19-17-25(36-40-31(38)35-24-11-7-4-8-12-24)21-22(32)13-14-26-27-15-16-29(33(27,2)20-18-28(26)32)39-30(37)34-23-9-5-3-6-10-23/h3-12,21,26-29H,13-20H2,1-2H3,(H,34,37)(H,35,38)/b36-25+/t26-,27?,28?,29-,32-,33-/m0/s1. The van der Waals surface area contributed by atoms with E-state index in [0.717, 1.165) is 62.8 Å². The number of carbonyl (C=O) groups is 2. The van der Waals surface area contributed by atoms with Crippen LogP contribution >= 0.6 is 0 Å². The van der Waals surface area contributed by atoms with Crippen molar-refractivity contribution in [3.8, 4) is 0 Å². The first-order valence-corrected chi connectivity index (χ1v) is 14.7. The summed E-state index contributed by atoms with van der Waals surface area (Å²) in [7, 11) is 0. The van der Waals surface area contributed by atoms with Gasteiger partial charge in [0, 0.05) is 16.8 Å². The van der Waals surface area contributed by atoms with Crippen LogP contribution in [0.4, 0.5) is 21.0 Å². The summed E-state index contributed by atoms with van der Waals surface area (Å²) in [5, 5.41) is 9.82. The number of para-hydroxylation sites is 2. The Bertz CT molecular complexity index is 1310. The van der Waals surface area contributed by atoms with Gasteiger partial charge < -0.3 is 4.74 Å². The summed E-state index contributed by atoms with van der Waals surface area (Å²) in [6, 6.07) is 18.8. The van der Waals surface area contributed by atoms with Crippen molar-refractivity contribution in [2.75, 3.05) is 10.6 Å². The molecule has 2 aromatic carbocycles. The quantitative estimate of drug-likeness (QED) is 0.302. The molecule has 7 nitrogen and oxygen atoms in total. The largest absolute Gasteiger partial charge is 0.445 e. The van der Waals surface area contributed by atoms with Gasteiger partial charge in [-0.25, -0.2) is 9.59 Å². The topological polar surface area (TPSA) is 89.0 Å².